The summed E-state index contributed by atoms with van der Waals surface area (Å²) in [5.74, 6) is -0.213. The molecule has 0 saturated heterocycles. The van der Waals surface area contributed by atoms with Crippen LogP contribution in [0.25, 0.3) is 0 Å². The topological polar surface area (TPSA) is 93.0 Å². The minimum atomic E-state index is -0.587. The van der Waals surface area contributed by atoms with E-state index in [9.17, 15) is 19.7 Å². The minimum Gasteiger partial charge on any atom is -0.497 e. The van der Waals surface area contributed by atoms with Crippen molar-refractivity contribution in [1.29, 1.82) is 0 Å². The maximum Gasteiger partial charge on any atom is 0.270 e. The van der Waals surface area contributed by atoms with Gasteiger partial charge in [-0.2, -0.15) is 0 Å². The summed E-state index contributed by atoms with van der Waals surface area (Å²) in [5.41, 5.74) is 1.05. The van der Waals surface area contributed by atoms with Crippen LogP contribution in [0.15, 0.2) is 42.5 Å². The quantitative estimate of drug-likeness (QED) is 0.448. The van der Waals surface area contributed by atoms with Gasteiger partial charge >= 0.3 is 0 Å². The standard InChI is InChI=1S/C18H17N3O5/c1-19(10-12-3-6-14(26-2)7-4-12)11-20-17(22)15-8-5-13(21(24)25)9-16(15)18(20)23/h3-9H,10-11H2,1-2H3. The predicted molar refractivity (Wildman–Crippen MR) is 92.9 cm³/mol. The number of nitro benzene ring substituents is 1. The Morgan fingerprint density at radius 3 is 2.35 bits per heavy atom. The number of fused-ring (bicyclic) bond motifs is 1. The monoisotopic (exact) mass is 355 g/mol. The number of nitrogens with zero attached hydrogens (tertiary/aromatic N) is 3. The fourth-order valence-electron chi connectivity index (χ4n) is 2.85. The number of methoxy groups -OCH3 is 1. The van der Waals surface area contributed by atoms with Gasteiger partial charge in [-0.1, -0.05) is 12.1 Å². The van der Waals surface area contributed by atoms with Crippen LogP contribution in [0.3, 0.4) is 0 Å². The third-order valence-electron chi connectivity index (χ3n) is 4.16. The van der Waals surface area contributed by atoms with E-state index in [1.54, 1.807) is 14.2 Å². The van der Waals surface area contributed by atoms with Crippen LogP contribution in [0.4, 0.5) is 5.69 Å². The SMILES string of the molecule is COc1ccc(CN(C)CN2C(=O)c3ccc([N+](=O)[O-])cc3C2=O)cc1. The van der Waals surface area contributed by atoms with Gasteiger partial charge in [0, 0.05) is 18.7 Å². The van der Waals surface area contributed by atoms with Crippen LogP contribution in [0.5, 0.6) is 5.75 Å². The van der Waals surface area contributed by atoms with Gasteiger partial charge in [-0.3, -0.25) is 29.5 Å². The highest BCUT2D eigenvalue weighted by molar-refractivity contribution is 6.21. The number of hydrogen-bond donors (Lipinski definition) is 0. The first-order valence-corrected chi connectivity index (χ1v) is 7.87. The van der Waals surface area contributed by atoms with Gasteiger partial charge in [0.15, 0.2) is 0 Å². The second-order valence-electron chi connectivity index (χ2n) is 6.03. The first-order valence-electron chi connectivity index (χ1n) is 7.87. The molecule has 2 aromatic rings. The molecular formula is C18H17N3O5. The molecule has 3 rings (SSSR count). The minimum absolute atomic E-state index is 0.0713. The van der Waals surface area contributed by atoms with E-state index in [4.69, 9.17) is 4.74 Å². The molecule has 26 heavy (non-hydrogen) atoms. The first-order chi connectivity index (χ1) is 12.4. The lowest BCUT2D eigenvalue weighted by atomic mass is 10.1. The molecule has 8 heteroatoms. The van der Waals surface area contributed by atoms with Crippen LogP contribution < -0.4 is 4.74 Å². The number of imide groups is 1. The van der Waals surface area contributed by atoms with Crippen LogP contribution in [-0.4, -0.2) is 47.4 Å². The number of carbonyl (C=O) groups excluding carboxylic acids is 2. The van der Waals surface area contributed by atoms with E-state index < -0.39 is 16.7 Å². The smallest absolute Gasteiger partial charge is 0.270 e. The van der Waals surface area contributed by atoms with E-state index in [2.05, 4.69) is 0 Å². The molecule has 1 aliphatic rings. The largest absolute Gasteiger partial charge is 0.497 e. The summed E-state index contributed by atoms with van der Waals surface area (Å²) in [6, 6.07) is 11.2. The molecule has 1 heterocycles. The Labute approximate surface area is 149 Å². The fraction of sp³-hybridized carbons (Fsp3) is 0.222. The van der Waals surface area contributed by atoms with Gasteiger partial charge in [0.25, 0.3) is 17.5 Å². The summed E-state index contributed by atoms with van der Waals surface area (Å²) in [4.78, 5) is 38.1. The van der Waals surface area contributed by atoms with Crippen LogP contribution in [0, 0.1) is 10.1 Å². The van der Waals surface area contributed by atoms with Crippen molar-refractivity contribution in [3.63, 3.8) is 0 Å². The van der Waals surface area contributed by atoms with Crippen molar-refractivity contribution in [2.75, 3.05) is 20.8 Å². The number of amides is 2. The van der Waals surface area contributed by atoms with Crippen LogP contribution in [-0.2, 0) is 6.54 Å². The van der Waals surface area contributed by atoms with Crippen LogP contribution in [0.1, 0.15) is 26.3 Å². The number of rotatable bonds is 6. The Bertz CT molecular complexity index is 879. The van der Waals surface area contributed by atoms with Gasteiger partial charge < -0.3 is 4.74 Å². The Morgan fingerprint density at radius 1 is 1.08 bits per heavy atom. The predicted octanol–water partition coefficient (Wildman–Crippen LogP) is 2.29. The molecule has 0 aromatic heterocycles. The molecule has 0 unspecified atom stereocenters. The summed E-state index contributed by atoms with van der Waals surface area (Å²) in [7, 11) is 3.38. The third-order valence-corrected chi connectivity index (χ3v) is 4.16. The molecule has 0 saturated carbocycles. The average Bonchev–Trinajstić information content (AvgIpc) is 2.87. The van der Waals surface area contributed by atoms with Gasteiger partial charge in [-0.15, -0.1) is 0 Å². The summed E-state index contributed by atoms with van der Waals surface area (Å²) in [6.07, 6.45) is 0. The Balaban J connectivity index is 1.72. The number of carbonyl (C=O) groups is 2. The molecule has 0 spiro atoms. The highest BCUT2D eigenvalue weighted by atomic mass is 16.6. The first kappa shape index (κ1) is 17.6. The molecule has 2 aromatic carbocycles. The molecule has 0 aliphatic carbocycles. The van der Waals surface area contributed by atoms with E-state index >= 15 is 0 Å². The van der Waals surface area contributed by atoms with E-state index in [0.717, 1.165) is 22.3 Å². The number of non-ortho nitro benzene ring substituents is 1. The Morgan fingerprint density at radius 2 is 1.73 bits per heavy atom. The van der Waals surface area contributed by atoms with Crippen molar-refractivity contribution < 1.29 is 19.2 Å². The lowest BCUT2D eigenvalue weighted by molar-refractivity contribution is -0.384. The highest BCUT2D eigenvalue weighted by Crippen LogP contribution is 2.27. The zero-order chi connectivity index (χ0) is 18.8. The third kappa shape index (κ3) is 3.27. The van der Waals surface area contributed by atoms with Crippen molar-refractivity contribution in [2.45, 2.75) is 6.54 Å². The van der Waals surface area contributed by atoms with Crippen molar-refractivity contribution in [3.05, 3.63) is 69.3 Å². The molecule has 0 bridgehead atoms. The van der Waals surface area contributed by atoms with E-state index in [1.807, 2.05) is 29.2 Å². The number of benzene rings is 2. The van der Waals surface area contributed by atoms with Crippen LogP contribution in [0.2, 0.25) is 0 Å². The van der Waals surface area contributed by atoms with E-state index in [1.165, 1.54) is 12.1 Å². The molecule has 8 nitrogen and oxygen atoms in total. The maximum absolute atomic E-state index is 12.5. The van der Waals surface area contributed by atoms with Gasteiger partial charge in [0.05, 0.1) is 29.8 Å². The second kappa shape index (κ2) is 6.93. The summed E-state index contributed by atoms with van der Waals surface area (Å²) < 4.78 is 5.11. The summed E-state index contributed by atoms with van der Waals surface area (Å²) in [5, 5.41) is 10.9. The van der Waals surface area contributed by atoms with E-state index in [-0.39, 0.29) is 23.5 Å². The van der Waals surface area contributed by atoms with Crippen LogP contribution >= 0.6 is 0 Å². The molecular weight excluding hydrogens is 338 g/mol. The number of ether oxygens (including phenoxy) is 1. The normalized spacial score (nSPS) is 13.3. The second-order valence-corrected chi connectivity index (χ2v) is 6.03. The van der Waals surface area contributed by atoms with Crippen molar-refractivity contribution in [2.24, 2.45) is 0 Å². The molecule has 0 fully saturated rings. The molecule has 0 radical (unpaired) electrons. The van der Waals surface area contributed by atoms with Gasteiger partial charge in [0.1, 0.15) is 5.75 Å². The molecule has 0 atom stereocenters. The maximum atomic E-state index is 12.5. The Hall–Kier alpha value is -3.26. The number of hydrogen-bond acceptors (Lipinski definition) is 6. The van der Waals surface area contributed by atoms with E-state index in [0.29, 0.717) is 6.54 Å². The Kier molecular flexibility index (Phi) is 4.68. The lowest BCUT2D eigenvalue weighted by Crippen LogP contribution is -2.39. The highest BCUT2D eigenvalue weighted by Gasteiger charge is 2.37. The lowest BCUT2D eigenvalue weighted by Gasteiger charge is -2.22. The zero-order valence-electron chi connectivity index (χ0n) is 14.3. The molecule has 134 valence electrons. The average molecular weight is 355 g/mol. The number of nitro groups is 1. The van der Waals surface area contributed by atoms with Gasteiger partial charge in [-0.25, -0.2) is 0 Å². The van der Waals surface area contributed by atoms with Crippen molar-refractivity contribution in [3.8, 4) is 5.75 Å². The summed E-state index contributed by atoms with van der Waals surface area (Å²) >= 11 is 0. The molecule has 2 amide bonds. The molecule has 1 aliphatic heterocycles. The zero-order valence-corrected chi connectivity index (χ0v) is 14.3. The van der Waals surface area contributed by atoms with Crippen molar-refractivity contribution in [1.82, 2.24) is 9.80 Å². The van der Waals surface area contributed by atoms with Crippen molar-refractivity contribution >= 4 is 17.5 Å². The molecule has 0 N–H and O–H groups in total. The fourth-order valence-corrected chi connectivity index (χ4v) is 2.85. The van der Waals surface area contributed by atoms with Gasteiger partial charge in [-0.05, 0) is 30.8 Å². The summed E-state index contributed by atoms with van der Waals surface area (Å²) in [6.45, 7) is 0.615. The van der Waals surface area contributed by atoms with Gasteiger partial charge in [0.2, 0.25) is 0 Å².